The zero-order valence-corrected chi connectivity index (χ0v) is 14.4. The van der Waals surface area contributed by atoms with Crippen molar-refractivity contribution in [2.75, 3.05) is 31.5 Å². The number of nitriles is 1. The van der Waals surface area contributed by atoms with Crippen molar-refractivity contribution in [1.82, 2.24) is 9.80 Å². The van der Waals surface area contributed by atoms with Gasteiger partial charge >= 0.3 is 6.03 Å². The molecule has 3 rings (SSSR count). The molecule has 0 spiro atoms. The molecular weight excluding hydrogens is 312 g/mol. The summed E-state index contributed by atoms with van der Waals surface area (Å²) in [5.74, 6) is 0. The highest BCUT2D eigenvalue weighted by Gasteiger charge is 2.21. The smallest absolute Gasteiger partial charge is 0.321 e. The topological polar surface area (TPSA) is 59.4 Å². The van der Waals surface area contributed by atoms with Gasteiger partial charge in [0.1, 0.15) is 0 Å². The van der Waals surface area contributed by atoms with Crippen molar-refractivity contribution in [3.63, 3.8) is 0 Å². The Morgan fingerprint density at radius 2 is 1.68 bits per heavy atom. The third-order valence-electron chi connectivity index (χ3n) is 4.45. The minimum atomic E-state index is -0.0399. The van der Waals surface area contributed by atoms with E-state index in [9.17, 15) is 4.79 Å². The van der Waals surface area contributed by atoms with Gasteiger partial charge in [-0.1, -0.05) is 29.8 Å². The summed E-state index contributed by atoms with van der Waals surface area (Å²) in [6.45, 7) is 6.00. The van der Waals surface area contributed by atoms with Gasteiger partial charge in [0.05, 0.1) is 11.6 Å². The van der Waals surface area contributed by atoms with Crippen molar-refractivity contribution in [2.45, 2.75) is 13.5 Å². The Labute approximate surface area is 148 Å². The zero-order chi connectivity index (χ0) is 17.6. The molecule has 5 nitrogen and oxygen atoms in total. The van der Waals surface area contributed by atoms with E-state index in [1.54, 1.807) is 0 Å². The number of piperazine rings is 1. The van der Waals surface area contributed by atoms with Crippen LogP contribution in [0.25, 0.3) is 0 Å². The van der Waals surface area contributed by atoms with Gasteiger partial charge in [0.15, 0.2) is 0 Å². The number of nitrogens with one attached hydrogen (secondary N) is 1. The summed E-state index contributed by atoms with van der Waals surface area (Å²) in [7, 11) is 0. The first-order valence-electron chi connectivity index (χ1n) is 8.48. The molecule has 1 aliphatic rings. The van der Waals surface area contributed by atoms with E-state index < -0.39 is 0 Å². The monoisotopic (exact) mass is 334 g/mol. The van der Waals surface area contributed by atoms with Gasteiger partial charge in [-0.05, 0) is 36.8 Å². The van der Waals surface area contributed by atoms with E-state index >= 15 is 0 Å². The fourth-order valence-electron chi connectivity index (χ4n) is 2.89. The van der Waals surface area contributed by atoms with E-state index in [1.165, 1.54) is 11.1 Å². The van der Waals surface area contributed by atoms with Crippen LogP contribution in [-0.4, -0.2) is 42.0 Å². The zero-order valence-electron chi connectivity index (χ0n) is 14.4. The van der Waals surface area contributed by atoms with Crippen molar-refractivity contribution < 1.29 is 4.79 Å². The second-order valence-electron chi connectivity index (χ2n) is 6.37. The third kappa shape index (κ3) is 4.59. The second kappa shape index (κ2) is 7.82. The molecule has 1 heterocycles. The number of carbonyl (C=O) groups is 1. The molecule has 0 aliphatic carbocycles. The molecule has 1 saturated heterocycles. The van der Waals surface area contributed by atoms with Gasteiger partial charge in [-0.2, -0.15) is 5.26 Å². The molecule has 2 aromatic carbocycles. The molecular formula is C20H22N4O. The second-order valence-corrected chi connectivity index (χ2v) is 6.37. The minimum absolute atomic E-state index is 0.0399. The van der Waals surface area contributed by atoms with E-state index in [4.69, 9.17) is 5.26 Å². The van der Waals surface area contributed by atoms with Crippen LogP contribution < -0.4 is 5.32 Å². The van der Waals surface area contributed by atoms with Crippen LogP contribution in [0.15, 0.2) is 48.5 Å². The van der Waals surface area contributed by atoms with Crippen LogP contribution >= 0.6 is 0 Å². The summed E-state index contributed by atoms with van der Waals surface area (Å²) in [6, 6.07) is 17.6. The Morgan fingerprint density at radius 3 is 2.28 bits per heavy atom. The lowest BCUT2D eigenvalue weighted by Crippen LogP contribution is -2.49. The van der Waals surface area contributed by atoms with E-state index in [2.05, 4.69) is 16.3 Å². The first-order chi connectivity index (χ1) is 12.1. The number of carbonyl (C=O) groups excluding carboxylic acids is 1. The number of anilines is 1. The maximum Gasteiger partial charge on any atom is 0.321 e. The summed E-state index contributed by atoms with van der Waals surface area (Å²) in [5.41, 5.74) is 3.88. The molecule has 1 N–H and O–H groups in total. The van der Waals surface area contributed by atoms with Crippen molar-refractivity contribution in [3.8, 4) is 6.07 Å². The molecule has 2 amide bonds. The standard InChI is InChI=1S/C20H22N4O/c1-16-2-8-19(9-3-16)22-20(25)24-12-10-23(11-13-24)15-18-6-4-17(14-21)5-7-18/h2-9H,10-13,15H2,1H3,(H,22,25). The number of hydrogen-bond acceptors (Lipinski definition) is 3. The fourth-order valence-corrected chi connectivity index (χ4v) is 2.89. The van der Waals surface area contributed by atoms with Crippen LogP contribution in [0.3, 0.4) is 0 Å². The van der Waals surface area contributed by atoms with Crippen molar-refractivity contribution in [2.24, 2.45) is 0 Å². The normalized spacial score (nSPS) is 14.8. The number of benzene rings is 2. The number of nitrogens with zero attached hydrogens (tertiary/aromatic N) is 3. The highest BCUT2D eigenvalue weighted by Crippen LogP contribution is 2.13. The maximum atomic E-state index is 12.4. The highest BCUT2D eigenvalue weighted by atomic mass is 16.2. The molecule has 0 radical (unpaired) electrons. The molecule has 0 bridgehead atoms. The van der Waals surface area contributed by atoms with Crippen molar-refractivity contribution in [3.05, 3.63) is 65.2 Å². The lowest BCUT2D eigenvalue weighted by molar-refractivity contribution is 0.143. The first-order valence-corrected chi connectivity index (χ1v) is 8.48. The minimum Gasteiger partial charge on any atom is -0.322 e. The summed E-state index contributed by atoms with van der Waals surface area (Å²) in [4.78, 5) is 16.5. The van der Waals surface area contributed by atoms with E-state index in [0.29, 0.717) is 18.7 Å². The van der Waals surface area contributed by atoms with Gasteiger partial charge < -0.3 is 10.2 Å². The average Bonchev–Trinajstić information content (AvgIpc) is 2.65. The molecule has 0 unspecified atom stereocenters. The number of hydrogen-bond donors (Lipinski definition) is 1. The number of aryl methyl sites for hydroxylation is 1. The average molecular weight is 334 g/mol. The van der Waals surface area contributed by atoms with Gasteiger partial charge in [0, 0.05) is 38.4 Å². The Bertz CT molecular complexity index is 754. The van der Waals surface area contributed by atoms with Crippen molar-refractivity contribution >= 4 is 11.7 Å². The van der Waals surface area contributed by atoms with Crippen LogP contribution in [0.4, 0.5) is 10.5 Å². The summed E-state index contributed by atoms with van der Waals surface area (Å²) < 4.78 is 0. The number of amides is 2. The van der Waals surface area contributed by atoms with Crippen LogP contribution in [0.1, 0.15) is 16.7 Å². The summed E-state index contributed by atoms with van der Waals surface area (Å²) in [5, 5.41) is 11.8. The lowest BCUT2D eigenvalue weighted by Gasteiger charge is -2.34. The third-order valence-corrected chi connectivity index (χ3v) is 4.45. The number of urea groups is 1. The van der Waals surface area contributed by atoms with Crippen LogP contribution in [0.5, 0.6) is 0 Å². The summed E-state index contributed by atoms with van der Waals surface area (Å²) >= 11 is 0. The van der Waals surface area contributed by atoms with Crippen LogP contribution in [0.2, 0.25) is 0 Å². The van der Waals surface area contributed by atoms with Gasteiger partial charge in [-0.15, -0.1) is 0 Å². The van der Waals surface area contributed by atoms with Gasteiger partial charge in [-0.25, -0.2) is 4.79 Å². The molecule has 25 heavy (non-hydrogen) atoms. The fraction of sp³-hybridized carbons (Fsp3) is 0.300. The van der Waals surface area contributed by atoms with Crippen LogP contribution in [0, 0.1) is 18.3 Å². The predicted octanol–water partition coefficient (Wildman–Crippen LogP) is 3.22. The summed E-state index contributed by atoms with van der Waals surface area (Å²) in [6.07, 6.45) is 0. The molecule has 5 heteroatoms. The number of rotatable bonds is 3. The Morgan fingerprint density at radius 1 is 1.04 bits per heavy atom. The maximum absolute atomic E-state index is 12.4. The SMILES string of the molecule is Cc1ccc(NC(=O)N2CCN(Cc3ccc(C#N)cc3)CC2)cc1. The first kappa shape index (κ1) is 17.0. The van der Waals surface area contributed by atoms with Gasteiger partial charge in [-0.3, -0.25) is 4.90 Å². The predicted molar refractivity (Wildman–Crippen MR) is 98.2 cm³/mol. The Kier molecular flexibility index (Phi) is 5.32. The van der Waals surface area contributed by atoms with Gasteiger partial charge in [0.2, 0.25) is 0 Å². The molecule has 0 aromatic heterocycles. The van der Waals surface area contributed by atoms with E-state index in [-0.39, 0.29) is 6.03 Å². The van der Waals surface area contributed by atoms with E-state index in [0.717, 1.165) is 25.3 Å². The molecule has 0 atom stereocenters. The molecule has 1 fully saturated rings. The molecule has 0 saturated carbocycles. The largest absolute Gasteiger partial charge is 0.322 e. The van der Waals surface area contributed by atoms with Gasteiger partial charge in [0.25, 0.3) is 0 Å². The Hall–Kier alpha value is -2.84. The van der Waals surface area contributed by atoms with Crippen molar-refractivity contribution in [1.29, 1.82) is 5.26 Å². The highest BCUT2D eigenvalue weighted by molar-refractivity contribution is 5.89. The lowest BCUT2D eigenvalue weighted by atomic mass is 10.1. The Balaban J connectivity index is 1.48. The quantitative estimate of drug-likeness (QED) is 0.937. The molecule has 128 valence electrons. The molecule has 1 aliphatic heterocycles. The van der Waals surface area contributed by atoms with E-state index in [1.807, 2.05) is 60.4 Å². The molecule has 2 aromatic rings. The van der Waals surface area contributed by atoms with Crippen LogP contribution in [-0.2, 0) is 6.54 Å².